The summed E-state index contributed by atoms with van der Waals surface area (Å²) >= 11 is 0. The van der Waals surface area contributed by atoms with E-state index in [-0.39, 0.29) is 22.9 Å². The molecule has 2 nitrogen and oxygen atoms in total. The molecule has 0 heterocycles. The van der Waals surface area contributed by atoms with Gasteiger partial charge in [-0.15, -0.1) is 0 Å². The third-order valence-corrected chi connectivity index (χ3v) is 24.5. The highest BCUT2D eigenvalue weighted by atomic mass is 15.2. The lowest BCUT2D eigenvalue weighted by atomic mass is 9.67. The first kappa shape index (κ1) is 72.8. The van der Waals surface area contributed by atoms with Crippen molar-refractivity contribution in [3.63, 3.8) is 0 Å². The molecule has 0 bridgehead atoms. The lowest BCUT2D eigenvalue weighted by Crippen LogP contribution is -2.34. The van der Waals surface area contributed by atoms with Gasteiger partial charge in [-0.1, -0.05) is 277 Å². The molecule has 0 N–H and O–H groups in total. The Labute approximate surface area is 601 Å². The van der Waals surface area contributed by atoms with E-state index in [2.05, 4.69) is 308 Å². The number of aryl methyl sites for hydroxylation is 5. The first-order chi connectivity index (χ1) is 47.8. The van der Waals surface area contributed by atoms with E-state index in [1.165, 1.54) is 165 Å². The minimum atomic E-state index is 0.168. The fourth-order valence-corrected chi connectivity index (χ4v) is 17.7. The van der Waals surface area contributed by atoms with Crippen LogP contribution in [0.4, 0.5) is 17.1 Å². The van der Waals surface area contributed by atoms with Crippen molar-refractivity contribution in [2.24, 2.45) is 17.3 Å². The number of nitrogens with zero attached hydrogens (tertiary/aromatic N) is 2. The normalized spacial score (nSPS) is 21.0. The lowest BCUT2D eigenvalue weighted by Gasteiger charge is -2.38. The van der Waals surface area contributed by atoms with Gasteiger partial charge in [-0.05, 0) is 266 Å². The number of hydrogen-bond donors (Lipinski definition) is 0. The molecule has 0 saturated carbocycles. The molecular weight excluding hydrogens is 1190 g/mol. The van der Waals surface area contributed by atoms with Crippen LogP contribution in [-0.2, 0) is 18.3 Å². The van der Waals surface area contributed by atoms with E-state index in [0.29, 0.717) is 29.6 Å². The van der Waals surface area contributed by atoms with Crippen molar-refractivity contribution in [3.05, 3.63) is 278 Å². The largest absolute Gasteiger partial charge is 0.335 e. The Morgan fingerprint density at radius 1 is 0.505 bits per heavy atom. The lowest BCUT2D eigenvalue weighted by molar-refractivity contribution is 0.243. The van der Waals surface area contributed by atoms with Crippen LogP contribution < -0.4 is 9.80 Å². The van der Waals surface area contributed by atoms with E-state index in [1.54, 1.807) is 22.3 Å². The predicted octanol–water partition coefficient (Wildman–Crippen LogP) is 27.9. The van der Waals surface area contributed by atoms with Crippen LogP contribution in [0.3, 0.4) is 0 Å². The highest BCUT2D eigenvalue weighted by molar-refractivity contribution is 5.79. The van der Waals surface area contributed by atoms with Gasteiger partial charge in [0.1, 0.15) is 0 Å². The first-order valence-corrected chi connectivity index (χ1v) is 39.3. The molecule has 8 atom stereocenters. The van der Waals surface area contributed by atoms with Crippen LogP contribution in [0.15, 0.2) is 217 Å². The van der Waals surface area contributed by atoms with Gasteiger partial charge in [-0.2, -0.15) is 0 Å². The van der Waals surface area contributed by atoms with Crippen LogP contribution in [0.5, 0.6) is 0 Å². The minimum absolute atomic E-state index is 0.168. The Hall–Kier alpha value is -7.42. The number of anilines is 3. The summed E-state index contributed by atoms with van der Waals surface area (Å²) in [5.41, 5.74) is 31.1. The van der Waals surface area contributed by atoms with Crippen molar-refractivity contribution in [2.75, 3.05) is 9.80 Å². The predicted molar refractivity (Wildman–Crippen MR) is 433 cm³/mol. The van der Waals surface area contributed by atoms with E-state index in [0.717, 1.165) is 57.8 Å². The summed E-state index contributed by atoms with van der Waals surface area (Å²) in [6, 6.07) is 48.9. The Balaban J connectivity index is 0.901. The van der Waals surface area contributed by atoms with Crippen LogP contribution >= 0.6 is 0 Å². The number of unbranched alkanes of at least 4 members (excludes halogenated alkanes) is 6. The molecule has 520 valence electrons. The van der Waals surface area contributed by atoms with Crippen molar-refractivity contribution in [1.29, 1.82) is 0 Å². The Bertz CT molecular complexity index is 4000. The summed E-state index contributed by atoms with van der Waals surface area (Å²) in [4.78, 5) is 5.31. The average Bonchev–Trinajstić information content (AvgIpc) is 0.784. The monoisotopic (exact) mass is 1310 g/mol. The van der Waals surface area contributed by atoms with Gasteiger partial charge in [-0.25, -0.2) is 0 Å². The van der Waals surface area contributed by atoms with Crippen LogP contribution in [0.1, 0.15) is 271 Å². The Morgan fingerprint density at radius 2 is 1.09 bits per heavy atom. The van der Waals surface area contributed by atoms with Gasteiger partial charge in [-0.3, -0.25) is 0 Å². The second kappa shape index (κ2) is 32.9. The summed E-state index contributed by atoms with van der Waals surface area (Å²) < 4.78 is 0. The van der Waals surface area contributed by atoms with E-state index in [9.17, 15) is 0 Å². The zero-order chi connectivity index (χ0) is 70.0. The van der Waals surface area contributed by atoms with E-state index >= 15 is 0 Å². The minimum Gasteiger partial charge on any atom is -0.335 e. The fourth-order valence-electron chi connectivity index (χ4n) is 17.7. The fraction of sp³-hybridized carbons (Fsp3) is 0.443. The van der Waals surface area contributed by atoms with Crippen molar-refractivity contribution in [3.8, 4) is 11.1 Å². The van der Waals surface area contributed by atoms with Crippen molar-refractivity contribution in [1.82, 2.24) is 0 Å². The third kappa shape index (κ3) is 16.7. The number of hydrogen-bond acceptors (Lipinski definition) is 2. The maximum Gasteiger partial charge on any atom is 0.0560 e. The molecule has 2 heteroatoms. The molecule has 8 unspecified atom stereocenters. The Kier molecular flexibility index (Phi) is 24.2. The summed E-state index contributed by atoms with van der Waals surface area (Å²) in [6.07, 6.45) is 52.4. The molecule has 6 aromatic rings. The average molecular weight is 1320 g/mol. The highest BCUT2D eigenvalue weighted by Gasteiger charge is 2.34. The van der Waals surface area contributed by atoms with Gasteiger partial charge >= 0.3 is 0 Å². The van der Waals surface area contributed by atoms with E-state index in [1.807, 2.05) is 0 Å². The van der Waals surface area contributed by atoms with Gasteiger partial charge < -0.3 is 9.80 Å². The highest BCUT2D eigenvalue weighted by Crippen LogP contribution is 2.47. The maximum absolute atomic E-state index is 2.75. The van der Waals surface area contributed by atoms with Crippen LogP contribution in [-0.4, -0.2) is 12.1 Å². The van der Waals surface area contributed by atoms with E-state index in [4.69, 9.17) is 0 Å². The number of benzene rings is 6. The van der Waals surface area contributed by atoms with Crippen LogP contribution in [0.25, 0.3) is 22.3 Å². The van der Waals surface area contributed by atoms with Crippen molar-refractivity contribution >= 4 is 28.2 Å². The summed E-state index contributed by atoms with van der Waals surface area (Å²) in [5.74, 6) is 2.23. The van der Waals surface area contributed by atoms with Crippen LogP contribution in [0, 0.1) is 38.0 Å². The molecule has 11 rings (SSSR count). The molecular formula is C97H122N2. The van der Waals surface area contributed by atoms with Crippen molar-refractivity contribution in [2.45, 2.75) is 261 Å². The van der Waals surface area contributed by atoms with E-state index < -0.39 is 0 Å². The molecule has 99 heavy (non-hydrogen) atoms. The summed E-state index contributed by atoms with van der Waals surface area (Å²) in [6.45, 7) is 35.1. The second-order valence-corrected chi connectivity index (χ2v) is 31.8. The molecule has 0 amide bonds. The first-order valence-electron chi connectivity index (χ1n) is 39.3. The molecule has 0 aliphatic heterocycles. The molecule has 5 aliphatic carbocycles. The topological polar surface area (TPSA) is 6.48 Å². The second-order valence-electron chi connectivity index (χ2n) is 31.8. The van der Waals surface area contributed by atoms with Gasteiger partial charge in [0.2, 0.25) is 0 Å². The molecule has 0 spiro atoms. The third-order valence-electron chi connectivity index (χ3n) is 24.5. The van der Waals surface area contributed by atoms with Gasteiger partial charge in [0, 0.05) is 40.5 Å². The molecule has 0 saturated heterocycles. The molecule has 5 aliphatic rings. The standard InChI is InChI=1S/C97H122N2/c1-16-21-23-25-27-82-66-93(79-39-55-89(56-40-79)99(91-59-43-81(44-60-91)95-71(10)63-68(7)64-72(95)11)87-51-35-77(36-52-87)75-31-47-85(48-32-75)97(15,20-5)73(12)18-3)83(28-26-24-22-17-2)65-92(82)78-37-53-88(54-38-78)98(90-57-41-80(42-58-90)94-69(8)61-67(6)62-70(94)9)86-49-33-76(34-50-86)74-29-45-84(46-30-74)96(13,14)19-4/h29-31,33-37,39,41-49,51-55,57-61,63-66,70,73,75,78-79,86,89H,16-28,32,38,40,50,56,62H2,1-15H3. The molecule has 6 aromatic carbocycles. The van der Waals surface area contributed by atoms with Gasteiger partial charge in [0.25, 0.3) is 0 Å². The smallest absolute Gasteiger partial charge is 0.0560 e. The van der Waals surface area contributed by atoms with Gasteiger partial charge in [0.05, 0.1) is 12.1 Å². The zero-order valence-corrected chi connectivity index (χ0v) is 63.8. The summed E-state index contributed by atoms with van der Waals surface area (Å²) in [7, 11) is 0. The molecule has 0 radical (unpaired) electrons. The SMILES string of the molecule is CCCCCCc1cc(C2C=CC(N(c3ccc(-c4c(C)cc(C)cc4C)cc3)c3ccc(C4C=CC(C(C)(CC)C(C)CC)=CC4)cc3)CC2)c(CCCCCC)cc1C1C=CC(N(c2ccc(C3=C(C)C=C(C)CC3C)cc2)C2C=CC(c3ccc(C(C)(C)CC)cc3)=CC2)=CC1. The quantitative estimate of drug-likeness (QED) is 0.0357. The Morgan fingerprint density at radius 3 is 1.62 bits per heavy atom. The molecule has 0 fully saturated rings. The summed E-state index contributed by atoms with van der Waals surface area (Å²) in [5, 5.41) is 0. The number of allylic oxidation sites excluding steroid dienone is 14. The van der Waals surface area contributed by atoms with Gasteiger partial charge in [0.15, 0.2) is 0 Å². The van der Waals surface area contributed by atoms with Crippen LogP contribution in [0.2, 0.25) is 0 Å². The van der Waals surface area contributed by atoms with Crippen molar-refractivity contribution < 1.29 is 0 Å². The zero-order valence-electron chi connectivity index (χ0n) is 63.8. The molecule has 0 aromatic heterocycles. The maximum atomic E-state index is 2.75. The number of rotatable bonds is 28.